The predicted molar refractivity (Wildman–Crippen MR) is 142 cm³/mol. The number of halogens is 4. The number of benzene rings is 2. The van der Waals surface area contributed by atoms with Crippen molar-refractivity contribution in [3.63, 3.8) is 0 Å². The molecule has 0 radical (unpaired) electrons. The Morgan fingerprint density at radius 2 is 1.79 bits per heavy atom. The van der Waals surface area contributed by atoms with E-state index < -0.39 is 35.8 Å². The zero-order chi connectivity index (χ0) is 27.2. The molecule has 2 aromatic heterocycles. The van der Waals surface area contributed by atoms with E-state index >= 15 is 0 Å². The molecule has 1 amide bonds. The summed E-state index contributed by atoms with van der Waals surface area (Å²) in [6, 6.07) is 15.7. The molecule has 0 spiro atoms. The molecular weight excluding hydrogens is 559 g/mol. The van der Waals surface area contributed by atoms with Crippen molar-refractivity contribution in [2.24, 2.45) is 5.10 Å². The number of aromatic nitrogens is 1. The highest BCUT2D eigenvalue weighted by Crippen LogP contribution is 2.41. The molecular formula is C26H17Cl2F2N3O4S. The molecule has 0 aliphatic carbocycles. The van der Waals surface area contributed by atoms with Crippen LogP contribution in [0.3, 0.4) is 0 Å². The van der Waals surface area contributed by atoms with Crippen LogP contribution in [0, 0.1) is 0 Å². The van der Waals surface area contributed by atoms with Crippen molar-refractivity contribution < 1.29 is 23.5 Å². The Bertz CT molecular complexity index is 1670. The quantitative estimate of drug-likeness (QED) is 0.279. The molecule has 5 rings (SSSR count). The summed E-state index contributed by atoms with van der Waals surface area (Å²) >= 11 is 13.4. The minimum absolute atomic E-state index is 0.0793. The molecule has 0 bridgehead atoms. The summed E-state index contributed by atoms with van der Waals surface area (Å²) < 4.78 is 29.9. The van der Waals surface area contributed by atoms with Gasteiger partial charge in [0.25, 0.3) is 5.56 Å². The third-order valence-corrected chi connectivity index (χ3v) is 7.59. The van der Waals surface area contributed by atoms with Crippen molar-refractivity contribution in [3.05, 3.63) is 91.5 Å². The maximum absolute atomic E-state index is 14.7. The minimum Gasteiger partial charge on any atom is -0.481 e. The van der Waals surface area contributed by atoms with E-state index in [0.29, 0.717) is 41.3 Å². The van der Waals surface area contributed by atoms with Crippen LogP contribution in [-0.2, 0) is 9.59 Å². The first-order valence-electron chi connectivity index (χ1n) is 11.2. The molecule has 1 atom stereocenters. The monoisotopic (exact) mass is 575 g/mol. The number of para-hydroxylation sites is 1. The van der Waals surface area contributed by atoms with Crippen LogP contribution in [0.25, 0.3) is 21.3 Å². The largest absolute Gasteiger partial charge is 0.481 e. The summed E-state index contributed by atoms with van der Waals surface area (Å²) in [6.07, 6.45) is -1.78. The first-order valence-corrected chi connectivity index (χ1v) is 12.8. The van der Waals surface area contributed by atoms with E-state index in [9.17, 15) is 23.2 Å². The number of nitrogens with one attached hydrogen (secondary N) is 1. The van der Waals surface area contributed by atoms with Gasteiger partial charge in [-0.25, -0.2) is 5.01 Å². The Kier molecular flexibility index (Phi) is 6.81. The van der Waals surface area contributed by atoms with Crippen molar-refractivity contribution in [2.45, 2.75) is 24.8 Å². The molecule has 2 N–H and O–H groups in total. The van der Waals surface area contributed by atoms with Gasteiger partial charge in [-0.05, 0) is 35.9 Å². The van der Waals surface area contributed by atoms with Gasteiger partial charge in [0.05, 0.1) is 21.7 Å². The maximum atomic E-state index is 14.7. The van der Waals surface area contributed by atoms with Gasteiger partial charge in [0.1, 0.15) is 6.42 Å². The number of H-pyrrole nitrogens is 1. The number of hydrogen-bond acceptors (Lipinski definition) is 5. The van der Waals surface area contributed by atoms with Crippen LogP contribution in [0.15, 0.2) is 70.6 Å². The van der Waals surface area contributed by atoms with Crippen LogP contribution >= 0.6 is 34.5 Å². The number of thiophene rings is 1. The number of rotatable bonds is 6. The average Bonchev–Trinajstić information content (AvgIpc) is 3.49. The van der Waals surface area contributed by atoms with Gasteiger partial charge in [0.15, 0.2) is 0 Å². The standard InChI is InChI=1S/C26H17Cl2F2N3O4S/c27-14-7-5-13(6-8-14)18-11-17(32-33(18)25(37)26(29,30)12-21(34)35)23-22(19-9-10-20(28)38-19)15-3-1-2-4-16(15)31-24(23)36/h1-10,18H,11-12H2,(H,31,36)(H,34,35). The number of hydrazone groups is 1. The zero-order valence-corrected chi connectivity index (χ0v) is 21.6. The van der Waals surface area contributed by atoms with Gasteiger partial charge < -0.3 is 10.1 Å². The normalized spacial score (nSPS) is 15.6. The fraction of sp³-hybridized carbons (Fsp3) is 0.154. The van der Waals surface area contributed by atoms with Crippen LogP contribution in [0.1, 0.15) is 30.0 Å². The SMILES string of the molecule is O=C(O)CC(F)(F)C(=O)N1N=C(c2c(-c3ccc(Cl)s3)c3ccccc3[nH]c2=O)CC1c1ccc(Cl)cc1. The molecule has 1 aliphatic rings. The van der Waals surface area contributed by atoms with Crippen LogP contribution < -0.4 is 5.56 Å². The third kappa shape index (κ3) is 4.82. The number of carbonyl (C=O) groups excluding carboxylic acids is 1. The molecule has 38 heavy (non-hydrogen) atoms. The Balaban J connectivity index is 1.71. The smallest absolute Gasteiger partial charge is 0.337 e. The summed E-state index contributed by atoms with van der Waals surface area (Å²) in [5, 5.41) is 14.8. The van der Waals surface area contributed by atoms with Crippen molar-refractivity contribution >= 4 is 63.0 Å². The molecule has 1 aliphatic heterocycles. The fourth-order valence-electron chi connectivity index (χ4n) is 4.45. The van der Waals surface area contributed by atoms with Gasteiger partial charge in [-0.1, -0.05) is 53.5 Å². The Morgan fingerprint density at radius 1 is 1.08 bits per heavy atom. The highest BCUT2D eigenvalue weighted by atomic mass is 35.5. The van der Waals surface area contributed by atoms with Gasteiger partial charge in [-0.15, -0.1) is 11.3 Å². The van der Waals surface area contributed by atoms with Crippen LogP contribution in [-0.4, -0.2) is 38.6 Å². The Hall–Kier alpha value is -3.60. The number of alkyl halides is 2. The van der Waals surface area contributed by atoms with E-state index in [4.69, 9.17) is 28.3 Å². The van der Waals surface area contributed by atoms with Gasteiger partial charge in [0, 0.05) is 32.8 Å². The lowest BCUT2D eigenvalue weighted by molar-refractivity contribution is -0.167. The number of aromatic amines is 1. The topological polar surface area (TPSA) is 103 Å². The van der Waals surface area contributed by atoms with Crippen molar-refractivity contribution in [1.29, 1.82) is 0 Å². The van der Waals surface area contributed by atoms with E-state index in [-0.39, 0.29) is 17.7 Å². The van der Waals surface area contributed by atoms with Gasteiger partial charge >= 0.3 is 17.8 Å². The number of carboxylic acid groups (broad SMARTS) is 1. The van der Waals surface area contributed by atoms with Crippen LogP contribution in [0.4, 0.5) is 8.78 Å². The van der Waals surface area contributed by atoms with E-state index in [1.165, 1.54) is 23.5 Å². The number of pyridine rings is 1. The lowest BCUT2D eigenvalue weighted by atomic mass is 9.93. The van der Waals surface area contributed by atoms with E-state index in [1.54, 1.807) is 48.5 Å². The van der Waals surface area contributed by atoms with E-state index in [2.05, 4.69) is 10.1 Å². The second-order valence-corrected chi connectivity index (χ2v) is 10.7. The van der Waals surface area contributed by atoms with Gasteiger partial charge in [-0.3, -0.25) is 14.4 Å². The Morgan fingerprint density at radius 3 is 2.45 bits per heavy atom. The predicted octanol–water partition coefficient (Wildman–Crippen LogP) is 6.35. The highest BCUT2D eigenvalue weighted by Gasteiger charge is 2.49. The number of carbonyl (C=O) groups is 2. The lowest BCUT2D eigenvalue weighted by Crippen LogP contribution is -2.42. The lowest BCUT2D eigenvalue weighted by Gasteiger charge is -2.25. The molecule has 4 aromatic rings. The number of carboxylic acids is 1. The maximum Gasteiger partial charge on any atom is 0.337 e. The molecule has 0 saturated carbocycles. The Labute approximate surface area is 227 Å². The summed E-state index contributed by atoms with van der Waals surface area (Å²) in [7, 11) is 0. The summed E-state index contributed by atoms with van der Waals surface area (Å²) in [4.78, 5) is 40.9. The molecule has 0 fully saturated rings. The minimum atomic E-state index is -4.23. The molecule has 2 aromatic carbocycles. The number of nitrogens with zero attached hydrogens (tertiary/aromatic N) is 2. The van der Waals surface area contributed by atoms with Gasteiger partial charge in [-0.2, -0.15) is 13.9 Å². The number of fused-ring (bicyclic) bond motifs is 1. The zero-order valence-electron chi connectivity index (χ0n) is 19.3. The highest BCUT2D eigenvalue weighted by molar-refractivity contribution is 7.19. The molecule has 7 nitrogen and oxygen atoms in total. The van der Waals surface area contributed by atoms with E-state index in [0.717, 1.165) is 0 Å². The van der Waals surface area contributed by atoms with E-state index in [1.807, 2.05) is 0 Å². The number of amides is 1. The fourth-order valence-corrected chi connectivity index (χ4v) is 5.68. The summed E-state index contributed by atoms with van der Waals surface area (Å²) in [5.41, 5.74) is 1.17. The molecule has 12 heteroatoms. The van der Waals surface area contributed by atoms with Crippen molar-refractivity contribution in [3.8, 4) is 10.4 Å². The second kappa shape index (κ2) is 9.94. The van der Waals surface area contributed by atoms with Crippen LogP contribution in [0.5, 0.6) is 0 Å². The second-order valence-electron chi connectivity index (χ2n) is 8.60. The number of aliphatic carboxylic acids is 1. The summed E-state index contributed by atoms with van der Waals surface area (Å²) in [6.45, 7) is 0. The first kappa shape index (κ1) is 26.0. The van der Waals surface area contributed by atoms with Crippen LogP contribution in [0.2, 0.25) is 9.36 Å². The molecule has 3 heterocycles. The van der Waals surface area contributed by atoms with Crippen molar-refractivity contribution in [2.75, 3.05) is 0 Å². The van der Waals surface area contributed by atoms with Crippen molar-refractivity contribution in [1.82, 2.24) is 9.99 Å². The summed E-state index contributed by atoms with van der Waals surface area (Å²) in [5.74, 6) is -7.85. The molecule has 194 valence electrons. The van der Waals surface area contributed by atoms with Gasteiger partial charge in [0.2, 0.25) is 0 Å². The average molecular weight is 576 g/mol. The third-order valence-electron chi connectivity index (χ3n) is 6.09. The molecule has 1 unspecified atom stereocenters. The first-order chi connectivity index (χ1) is 18.0. The molecule has 0 saturated heterocycles. The number of hydrogen-bond donors (Lipinski definition) is 2.